The maximum absolute atomic E-state index is 5.28. The summed E-state index contributed by atoms with van der Waals surface area (Å²) in [6.45, 7) is 1.70. The van der Waals surface area contributed by atoms with Crippen molar-refractivity contribution in [2.24, 2.45) is 0 Å². The minimum atomic E-state index is 0.803. The summed E-state index contributed by atoms with van der Waals surface area (Å²) in [6.07, 6.45) is 2.12. The second-order valence-electron chi connectivity index (χ2n) is 3.69. The van der Waals surface area contributed by atoms with Gasteiger partial charge in [-0.15, -0.1) is 0 Å². The zero-order valence-corrected chi connectivity index (χ0v) is 10.8. The minimum Gasteiger partial charge on any atom is -0.497 e. The fourth-order valence-electron chi connectivity index (χ4n) is 1.55. The molecule has 1 rings (SSSR count). The van der Waals surface area contributed by atoms with Crippen molar-refractivity contribution in [2.45, 2.75) is 12.8 Å². The predicted molar refractivity (Wildman–Crippen MR) is 69.1 cm³/mol. The molecule has 0 aliphatic rings. The lowest BCUT2D eigenvalue weighted by molar-refractivity contribution is 0.194. The van der Waals surface area contributed by atoms with Gasteiger partial charge in [0.2, 0.25) is 0 Å². The molecule has 4 heteroatoms. The molecule has 0 amide bonds. The number of nitrogens with one attached hydrogen (secondary N) is 1. The maximum Gasteiger partial charge on any atom is 0.142 e. The molecule has 0 saturated heterocycles. The Hall–Kier alpha value is -1.42. The molecule has 0 aromatic heterocycles. The summed E-state index contributed by atoms with van der Waals surface area (Å²) in [6, 6.07) is 5.72. The Balaban J connectivity index is 2.49. The molecule has 96 valence electrons. The van der Waals surface area contributed by atoms with Crippen LogP contribution in [-0.4, -0.2) is 34.5 Å². The molecule has 0 radical (unpaired) electrons. The SMILES string of the molecule is COCCCCNc1cc(OC)ccc1OC. The largest absolute Gasteiger partial charge is 0.497 e. The fourth-order valence-corrected chi connectivity index (χ4v) is 1.55. The Morgan fingerprint density at radius 2 is 1.88 bits per heavy atom. The number of benzene rings is 1. The highest BCUT2D eigenvalue weighted by molar-refractivity contribution is 5.59. The molecule has 0 spiro atoms. The molecule has 0 atom stereocenters. The van der Waals surface area contributed by atoms with Gasteiger partial charge in [0.15, 0.2) is 0 Å². The summed E-state index contributed by atoms with van der Waals surface area (Å²) in [5, 5.41) is 3.34. The van der Waals surface area contributed by atoms with Crippen LogP contribution in [0.2, 0.25) is 0 Å². The van der Waals surface area contributed by atoms with Crippen LogP contribution in [0.5, 0.6) is 11.5 Å². The molecule has 0 saturated carbocycles. The van der Waals surface area contributed by atoms with Gasteiger partial charge < -0.3 is 19.5 Å². The van der Waals surface area contributed by atoms with Gasteiger partial charge in [-0.1, -0.05) is 0 Å². The first-order valence-corrected chi connectivity index (χ1v) is 5.76. The van der Waals surface area contributed by atoms with Crippen molar-refractivity contribution < 1.29 is 14.2 Å². The van der Waals surface area contributed by atoms with E-state index in [1.54, 1.807) is 21.3 Å². The van der Waals surface area contributed by atoms with E-state index in [1.165, 1.54) is 0 Å². The zero-order chi connectivity index (χ0) is 12.5. The van der Waals surface area contributed by atoms with Crippen LogP contribution in [0.25, 0.3) is 0 Å². The quantitative estimate of drug-likeness (QED) is 0.708. The molecule has 0 unspecified atom stereocenters. The number of methoxy groups -OCH3 is 3. The maximum atomic E-state index is 5.28. The smallest absolute Gasteiger partial charge is 0.142 e. The standard InChI is InChI=1S/C13H21NO3/c1-15-9-5-4-8-14-12-10-11(16-2)6-7-13(12)17-3/h6-7,10,14H,4-5,8-9H2,1-3H3. The molecular weight excluding hydrogens is 218 g/mol. The molecule has 1 aromatic carbocycles. The summed E-state index contributed by atoms with van der Waals surface area (Å²) in [5.74, 6) is 1.66. The fraction of sp³-hybridized carbons (Fsp3) is 0.538. The van der Waals surface area contributed by atoms with E-state index in [1.807, 2.05) is 18.2 Å². The summed E-state index contributed by atoms with van der Waals surface area (Å²) >= 11 is 0. The summed E-state index contributed by atoms with van der Waals surface area (Å²) in [7, 11) is 5.04. The number of hydrogen-bond donors (Lipinski definition) is 1. The third-order valence-corrected chi connectivity index (χ3v) is 2.50. The van der Waals surface area contributed by atoms with Crippen molar-refractivity contribution in [3.63, 3.8) is 0 Å². The summed E-state index contributed by atoms with van der Waals surface area (Å²) in [5.41, 5.74) is 0.962. The molecule has 1 N–H and O–H groups in total. The minimum absolute atomic E-state index is 0.803. The predicted octanol–water partition coefficient (Wildman–Crippen LogP) is 2.54. The van der Waals surface area contributed by atoms with Crippen molar-refractivity contribution in [1.82, 2.24) is 0 Å². The first-order chi connectivity index (χ1) is 8.31. The van der Waals surface area contributed by atoms with Crippen LogP contribution in [-0.2, 0) is 4.74 Å². The zero-order valence-electron chi connectivity index (χ0n) is 10.8. The van der Waals surface area contributed by atoms with Crippen molar-refractivity contribution in [3.8, 4) is 11.5 Å². The van der Waals surface area contributed by atoms with Crippen LogP contribution in [0.1, 0.15) is 12.8 Å². The van der Waals surface area contributed by atoms with Crippen molar-refractivity contribution in [3.05, 3.63) is 18.2 Å². The normalized spacial score (nSPS) is 10.1. The van der Waals surface area contributed by atoms with Gasteiger partial charge in [-0.25, -0.2) is 0 Å². The van der Waals surface area contributed by atoms with Gasteiger partial charge in [-0.3, -0.25) is 0 Å². The molecule has 1 aromatic rings. The Bertz CT molecular complexity index is 328. The highest BCUT2D eigenvalue weighted by Crippen LogP contribution is 2.28. The van der Waals surface area contributed by atoms with Crippen molar-refractivity contribution in [2.75, 3.05) is 39.8 Å². The number of unbranched alkanes of at least 4 members (excludes halogenated alkanes) is 1. The lowest BCUT2D eigenvalue weighted by Crippen LogP contribution is -2.04. The van der Waals surface area contributed by atoms with E-state index in [0.29, 0.717) is 0 Å². The van der Waals surface area contributed by atoms with E-state index < -0.39 is 0 Å². The lowest BCUT2D eigenvalue weighted by Gasteiger charge is -2.12. The molecule has 0 aliphatic heterocycles. The van der Waals surface area contributed by atoms with Gasteiger partial charge >= 0.3 is 0 Å². The van der Waals surface area contributed by atoms with E-state index in [9.17, 15) is 0 Å². The van der Waals surface area contributed by atoms with E-state index in [2.05, 4.69) is 5.32 Å². The molecule has 0 bridgehead atoms. The third kappa shape index (κ3) is 4.53. The molecule has 0 heterocycles. The molecule has 0 aliphatic carbocycles. The van der Waals surface area contributed by atoms with Crippen LogP contribution in [0, 0.1) is 0 Å². The number of ether oxygens (including phenoxy) is 3. The molecule has 4 nitrogen and oxygen atoms in total. The summed E-state index contributed by atoms with van der Waals surface area (Å²) in [4.78, 5) is 0. The van der Waals surface area contributed by atoms with Gasteiger partial charge in [0, 0.05) is 26.3 Å². The van der Waals surface area contributed by atoms with E-state index in [-0.39, 0.29) is 0 Å². The topological polar surface area (TPSA) is 39.7 Å². The second-order valence-corrected chi connectivity index (χ2v) is 3.69. The highest BCUT2D eigenvalue weighted by Gasteiger charge is 2.03. The van der Waals surface area contributed by atoms with Crippen LogP contribution < -0.4 is 14.8 Å². The van der Waals surface area contributed by atoms with Gasteiger partial charge in [-0.2, -0.15) is 0 Å². The van der Waals surface area contributed by atoms with Crippen molar-refractivity contribution >= 4 is 5.69 Å². The average molecular weight is 239 g/mol. The monoisotopic (exact) mass is 239 g/mol. The van der Waals surface area contributed by atoms with Gasteiger partial charge in [-0.05, 0) is 25.0 Å². The molecule has 0 fully saturated rings. The van der Waals surface area contributed by atoms with Crippen LogP contribution >= 0.6 is 0 Å². The Labute approximate surface area is 103 Å². The lowest BCUT2D eigenvalue weighted by atomic mass is 10.2. The van der Waals surface area contributed by atoms with E-state index >= 15 is 0 Å². The van der Waals surface area contributed by atoms with Gasteiger partial charge in [0.25, 0.3) is 0 Å². The number of anilines is 1. The number of hydrogen-bond acceptors (Lipinski definition) is 4. The Morgan fingerprint density at radius 1 is 1.06 bits per heavy atom. The highest BCUT2D eigenvalue weighted by atomic mass is 16.5. The van der Waals surface area contributed by atoms with E-state index in [4.69, 9.17) is 14.2 Å². The Morgan fingerprint density at radius 3 is 2.53 bits per heavy atom. The van der Waals surface area contributed by atoms with Crippen LogP contribution in [0.4, 0.5) is 5.69 Å². The number of rotatable bonds is 8. The Kier molecular flexibility index (Phi) is 6.25. The molecular formula is C13H21NO3. The second kappa shape index (κ2) is 7.79. The first kappa shape index (κ1) is 13.6. The van der Waals surface area contributed by atoms with E-state index in [0.717, 1.165) is 43.2 Å². The third-order valence-electron chi connectivity index (χ3n) is 2.50. The van der Waals surface area contributed by atoms with Crippen LogP contribution in [0.3, 0.4) is 0 Å². The van der Waals surface area contributed by atoms with Crippen molar-refractivity contribution in [1.29, 1.82) is 0 Å². The molecule has 17 heavy (non-hydrogen) atoms. The van der Waals surface area contributed by atoms with Crippen LogP contribution in [0.15, 0.2) is 18.2 Å². The average Bonchev–Trinajstić information content (AvgIpc) is 2.38. The first-order valence-electron chi connectivity index (χ1n) is 5.76. The van der Waals surface area contributed by atoms with Gasteiger partial charge in [0.05, 0.1) is 19.9 Å². The summed E-state index contributed by atoms with van der Waals surface area (Å²) < 4.78 is 15.5. The van der Waals surface area contributed by atoms with Gasteiger partial charge in [0.1, 0.15) is 11.5 Å².